The highest BCUT2D eigenvalue weighted by Gasteiger charge is 2.36. The minimum Gasteiger partial charge on any atom is -0.411 e. The molecule has 1 aromatic rings. The summed E-state index contributed by atoms with van der Waals surface area (Å²) in [6.45, 7) is 4.38. The van der Waals surface area contributed by atoms with Gasteiger partial charge in [-0.05, 0) is 31.0 Å². The van der Waals surface area contributed by atoms with Crippen LogP contribution in [0.15, 0.2) is 41.6 Å². The Kier molecular flexibility index (Phi) is 5.51. The molecule has 3 amide bonds. The number of carbonyl (C=O) groups is 2. The molecule has 2 rings (SSSR count). The summed E-state index contributed by atoms with van der Waals surface area (Å²) in [5.41, 5.74) is 1.90. The van der Waals surface area contributed by atoms with Crippen molar-refractivity contribution in [2.75, 3.05) is 18.0 Å². The van der Waals surface area contributed by atoms with Gasteiger partial charge in [-0.25, -0.2) is 9.69 Å². The van der Waals surface area contributed by atoms with Gasteiger partial charge in [-0.3, -0.25) is 4.79 Å². The average molecular weight is 315 g/mol. The van der Waals surface area contributed by atoms with E-state index in [0.29, 0.717) is 24.4 Å². The predicted octanol–water partition coefficient (Wildman–Crippen LogP) is 3.01. The maximum absolute atomic E-state index is 12.3. The molecule has 6 nitrogen and oxygen atoms in total. The third-order valence-electron chi connectivity index (χ3n) is 3.67. The second-order valence-corrected chi connectivity index (χ2v) is 5.30. The van der Waals surface area contributed by atoms with Gasteiger partial charge >= 0.3 is 6.03 Å². The molecule has 0 bridgehead atoms. The van der Waals surface area contributed by atoms with Gasteiger partial charge in [0.05, 0.1) is 11.4 Å². The van der Waals surface area contributed by atoms with Crippen molar-refractivity contribution >= 4 is 23.3 Å². The van der Waals surface area contributed by atoms with Crippen molar-refractivity contribution in [3.05, 3.63) is 42.0 Å². The van der Waals surface area contributed by atoms with Gasteiger partial charge in [0, 0.05) is 6.54 Å². The molecule has 1 heterocycles. The van der Waals surface area contributed by atoms with Crippen LogP contribution in [0.5, 0.6) is 0 Å². The van der Waals surface area contributed by atoms with E-state index in [1.165, 1.54) is 9.80 Å². The lowest BCUT2D eigenvalue weighted by atomic mass is 10.1. The van der Waals surface area contributed by atoms with E-state index in [-0.39, 0.29) is 18.5 Å². The van der Waals surface area contributed by atoms with Crippen LogP contribution in [0.1, 0.15) is 32.3 Å². The minimum absolute atomic E-state index is 0.0874. The van der Waals surface area contributed by atoms with Gasteiger partial charge in [-0.2, -0.15) is 0 Å². The summed E-state index contributed by atoms with van der Waals surface area (Å²) >= 11 is 0. The first-order chi connectivity index (χ1) is 11.1. The minimum atomic E-state index is -0.314. The third kappa shape index (κ3) is 3.59. The molecule has 1 aromatic carbocycles. The highest BCUT2D eigenvalue weighted by molar-refractivity contribution is 6.20. The first-order valence-electron chi connectivity index (χ1n) is 7.66. The zero-order chi connectivity index (χ0) is 16.8. The van der Waals surface area contributed by atoms with Gasteiger partial charge in [0.15, 0.2) is 0 Å². The van der Waals surface area contributed by atoms with Crippen molar-refractivity contribution in [1.29, 1.82) is 0 Å². The fourth-order valence-electron chi connectivity index (χ4n) is 2.47. The van der Waals surface area contributed by atoms with Crippen LogP contribution in [0.2, 0.25) is 0 Å². The summed E-state index contributed by atoms with van der Waals surface area (Å²) in [6, 6.07) is 6.60. The molecular weight excluding hydrogens is 294 g/mol. The molecule has 1 aliphatic rings. The van der Waals surface area contributed by atoms with Crippen LogP contribution < -0.4 is 4.90 Å². The summed E-state index contributed by atoms with van der Waals surface area (Å²) in [5, 5.41) is 12.4. The van der Waals surface area contributed by atoms with Crippen LogP contribution in [-0.2, 0) is 4.79 Å². The Morgan fingerprint density at radius 3 is 2.57 bits per heavy atom. The van der Waals surface area contributed by atoms with Gasteiger partial charge < -0.3 is 10.1 Å². The maximum Gasteiger partial charge on any atom is 0.332 e. The van der Waals surface area contributed by atoms with E-state index in [9.17, 15) is 9.59 Å². The molecule has 1 N–H and O–H groups in total. The molecule has 1 fully saturated rings. The molecular formula is C17H21N3O3. The van der Waals surface area contributed by atoms with Crippen LogP contribution in [-0.4, -0.2) is 40.8 Å². The molecule has 0 aromatic heterocycles. The highest BCUT2D eigenvalue weighted by atomic mass is 16.4. The SMILES string of the molecule is C/C=C/CN1CC(=O)N(c2ccc(/C(CCC)=N\O)cc2)C1=O. The van der Waals surface area contributed by atoms with Crippen molar-refractivity contribution in [2.24, 2.45) is 5.16 Å². The monoisotopic (exact) mass is 315 g/mol. The van der Waals surface area contributed by atoms with E-state index >= 15 is 0 Å². The number of amides is 3. The molecule has 6 heteroatoms. The summed E-state index contributed by atoms with van der Waals surface area (Å²) in [4.78, 5) is 27.1. The van der Waals surface area contributed by atoms with E-state index in [1.807, 2.05) is 26.0 Å². The molecule has 0 radical (unpaired) electrons. The van der Waals surface area contributed by atoms with Crippen LogP contribution in [0, 0.1) is 0 Å². The molecule has 0 unspecified atom stereocenters. The Labute approximate surface area is 135 Å². The van der Waals surface area contributed by atoms with Crippen LogP contribution in [0.3, 0.4) is 0 Å². The fourth-order valence-corrected chi connectivity index (χ4v) is 2.47. The molecule has 0 aliphatic carbocycles. The smallest absolute Gasteiger partial charge is 0.332 e. The van der Waals surface area contributed by atoms with Gasteiger partial charge in [0.25, 0.3) is 5.91 Å². The second-order valence-electron chi connectivity index (χ2n) is 5.30. The van der Waals surface area contributed by atoms with Gasteiger partial charge in [-0.15, -0.1) is 0 Å². The average Bonchev–Trinajstić information content (AvgIpc) is 2.85. The number of carbonyl (C=O) groups excluding carboxylic acids is 2. The van der Waals surface area contributed by atoms with Crippen molar-refractivity contribution in [2.45, 2.75) is 26.7 Å². The predicted molar refractivity (Wildman–Crippen MR) is 88.9 cm³/mol. The van der Waals surface area contributed by atoms with Gasteiger partial charge in [-0.1, -0.05) is 42.8 Å². The van der Waals surface area contributed by atoms with E-state index in [2.05, 4.69) is 5.16 Å². The number of urea groups is 1. The number of hydrogen-bond donors (Lipinski definition) is 1. The zero-order valence-corrected chi connectivity index (χ0v) is 13.4. The summed E-state index contributed by atoms with van der Waals surface area (Å²) in [5.74, 6) is -0.239. The number of benzene rings is 1. The number of oxime groups is 1. The quantitative estimate of drug-likeness (QED) is 0.288. The lowest BCUT2D eigenvalue weighted by Crippen LogP contribution is -2.33. The topological polar surface area (TPSA) is 73.2 Å². The summed E-state index contributed by atoms with van der Waals surface area (Å²) < 4.78 is 0. The van der Waals surface area contributed by atoms with Crippen molar-refractivity contribution < 1.29 is 14.8 Å². The first kappa shape index (κ1) is 16.7. The molecule has 1 aliphatic heterocycles. The lowest BCUT2D eigenvalue weighted by Gasteiger charge is -2.16. The summed E-state index contributed by atoms with van der Waals surface area (Å²) in [6.07, 6.45) is 5.21. The van der Waals surface area contributed by atoms with E-state index in [4.69, 9.17) is 5.21 Å². The normalized spacial score (nSPS) is 16.0. The first-order valence-corrected chi connectivity index (χ1v) is 7.66. The number of hydrogen-bond acceptors (Lipinski definition) is 4. The Hall–Kier alpha value is -2.63. The second kappa shape index (κ2) is 7.58. The summed E-state index contributed by atoms with van der Waals surface area (Å²) in [7, 11) is 0. The maximum atomic E-state index is 12.3. The number of imide groups is 1. The molecule has 0 atom stereocenters. The van der Waals surface area contributed by atoms with Gasteiger partial charge in [0.1, 0.15) is 6.54 Å². The van der Waals surface area contributed by atoms with E-state index in [1.54, 1.807) is 24.3 Å². The van der Waals surface area contributed by atoms with Crippen molar-refractivity contribution in [3.63, 3.8) is 0 Å². The Bertz CT molecular complexity index is 635. The Morgan fingerprint density at radius 2 is 2.00 bits per heavy atom. The van der Waals surface area contributed by atoms with Crippen molar-refractivity contribution in [1.82, 2.24) is 4.90 Å². The van der Waals surface area contributed by atoms with Gasteiger partial charge in [0.2, 0.25) is 0 Å². The number of anilines is 1. The van der Waals surface area contributed by atoms with Crippen LogP contribution in [0.25, 0.3) is 0 Å². The van der Waals surface area contributed by atoms with Crippen LogP contribution in [0.4, 0.5) is 10.5 Å². The molecule has 1 saturated heterocycles. The lowest BCUT2D eigenvalue weighted by molar-refractivity contribution is -0.116. The zero-order valence-electron chi connectivity index (χ0n) is 13.4. The van der Waals surface area contributed by atoms with E-state index < -0.39 is 0 Å². The Balaban J connectivity index is 2.19. The van der Waals surface area contributed by atoms with Crippen LogP contribution >= 0.6 is 0 Å². The molecule has 0 spiro atoms. The third-order valence-corrected chi connectivity index (χ3v) is 3.67. The van der Waals surface area contributed by atoms with Crippen molar-refractivity contribution in [3.8, 4) is 0 Å². The number of allylic oxidation sites excluding steroid dienone is 1. The fraction of sp³-hybridized carbons (Fsp3) is 0.353. The number of nitrogens with zero attached hydrogens (tertiary/aromatic N) is 3. The molecule has 23 heavy (non-hydrogen) atoms. The molecule has 0 saturated carbocycles. The molecule has 122 valence electrons. The Morgan fingerprint density at radius 1 is 1.30 bits per heavy atom. The number of rotatable bonds is 6. The largest absolute Gasteiger partial charge is 0.411 e. The van der Waals surface area contributed by atoms with E-state index in [0.717, 1.165) is 12.0 Å². The standard InChI is InChI=1S/C17H21N3O3/c1-3-5-11-19-12-16(21)20(17(19)22)14-9-7-13(8-10-14)15(18-23)6-4-2/h3,5,7-10,23H,4,6,11-12H2,1-2H3/b5-3+,18-15-. The highest BCUT2D eigenvalue weighted by Crippen LogP contribution is 2.22.